The molecule has 0 unspecified atom stereocenters. The van der Waals surface area contributed by atoms with E-state index in [4.69, 9.17) is 14.1 Å². The van der Waals surface area contributed by atoms with Crippen LogP contribution in [-0.4, -0.2) is 46.9 Å². The van der Waals surface area contributed by atoms with Crippen molar-refractivity contribution in [2.24, 2.45) is 0 Å². The molecule has 0 radical (unpaired) electrons. The van der Waals surface area contributed by atoms with Gasteiger partial charge in [-0.05, 0) is 0 Å². The maximum atomic E-state index is 8.52. The van der Waals surface area contributed by atoms with Crippen molar-refractivity contribution < 1.29 is 40.3 Å². The summed E-state index contributed by atoms with van der Waals surface area (Å²) in [6.45, 7) is 0. The number of hydrogen-bond donors (Lipinski definition) is 0. The Balaban J connectivity index is -0.0000000450. The molecule has 0 atom stereocenters. The Bertz CT molecular complexity index is 33.8. The Kier molecular flexibility index (Phi) is 25.8. The van der Waals surface area contributed by atoms with Gasteiger partial charge in [-0.2, -0.15) is 0 Å². The molecule has 6 heavy (non-hydrogen) atoms. The molecule has 0 aliphatic rings. The minimum Gasteiger partial charge on any atom is -0.672 e. The molecular formula is CaO3SiZr+4. The Morgan fingerprint density at radius 3 is 1.33 bits per heavy atom. The van der Waals surface area contributed by atoms with Crippen LogP contribution in [0.15, 0.2) is 0 Å². The van der Waals surface area contributed by atoms with E-state index in [9.17, 15) is 0 Å². The van der Waals surface area contributed by atoms with Gasteiger partial charge in [0.05, 0.1) is 0 Å². The fourth-order valence-corrected chi connectivity index (χ4v) is 0. The van der Waals surface area contributed by atoms with E-state index in [0.717, 1.165) is 0 Å². The van der Waals surface area contributed by atoms with Gasteiger partial charge in [-0.3, -0.25) is 0 Å². The van der Waals surface area contributed by atoms with Gasteiger partial charge in [0.2, 0.25) is 0 Å². The van der Waals surface area contributed by atoms with Crippen molar-refractivity contribution in [1.29, 1.82) is 0 Å². The van der Waals surface area contributed by atoms with Crippen LogP contribution in [0, 0.1) is 0 Å². The molecule has 0 aromatic rings. The third kappa shape index (κ3) is 42.1. The fourth-order valence-electron chi connectivity index (χ4n) is 0. The van der Waals surface area contributed by atoms with Crippen LogP contribution >= 0.6 is 0 Å². The molecule has 0 aliphatic carbocycles. The fraction of sp³-hybridized carbons (Fsp3) is 0. The van der Waals surface area contributed by atoms with Gasteiger partial charge in [-0.15, -0.1) is 0 Å². The minimum absolute atomic E-state index is 0. The second kappa shape index (κ2) is 9.90. The largest absolute Gasteiger partial charge is 4.00 e. The molecule has 0 N–H and O–H groups in total. The topological polar surface area (TPSA) is 63.2 Å². The van der Waals surface area contributed by atoms with Crippen LogP contribution in [0.3, 0.4) is 0 Å². The predicted molar refractivity (Wildman–Crippen MR) is 12.2 cm³/mol. The van der Waals surface area contributed by atoms with Gasteiger partial charge >= 0.3 is 63.9 Å². The molecule has 0 saturated heterocycles. The van der Waals surface area contributed by atoms with Crippen LogP contribution in [0.4, 0.5) is 0 Å². The molecule has 24 valence electrons. The quantitative estimate of drug-likeness (QED) is 0.392. The Morgan fingerprint density at radius 1 is 1.33 bits per heavy atom. The monoisotopic (exact) mass is 206 g/mol. The Labute approximate surface area is 85.8 Å². The van der Waals surface area contributed by atoms with E-state index in [2.05, 4.69) is 0 Å². The Hall–Kier alpha value is 1.76. The average Bonchev–Trinajstić information content (AvgIpc) is 0.811. The molecule has 0 bridgehead atoms. The smallest absolute Gasteiger partial charge is 0.672 e. The molecule has 3 nitrogen and oxygen atoms in total. The van der Waals surface area contributed by atoms with Gasteiger partial charge in [0, 0.05) is 9.17 Å². The molecule has 0 fully saturated rings. The van der Waals surface area contributed by atoms with Crippen molar-refractivity contribution in [3.8, 4) is 0 Å². The van der Waals surface area contributed by atoms with E-state index < -0.39 is 9.17 Å². The molecule has 0 amide bonds. The maximum Gasteiger partial charge on any atom is 4.00 e. The third-order valence-electron chi connectivity index (χ3n) is 0. The molecule has 0 aromatic heterocycles. The molecule has 6 heteroatoms. The summed E-state index contributed by atoms with van der Waals surface area (Å²) in [5.74, 6) is 0. The zero-order valence-electron chi connectivity index (χ0n) is 2.93. The molecule has 0 heterocycles. The predicted octanol–water partition coefficient (Wildman–Crippen LogP) is -3.26. The van der Waals surface area contributed by atoms with Crippen LogP contribution in [-0.2, 0) is 30.7 Å². The van der Waals surface area contributed by atoms with E-state index in [-0.39, 0.29) is 63.9 Å². The first-order valence-electron chi connectivity index (χ1n) is 0.612. The van der Waals surface area contributed by atoms with Crippen molar-refractivity contribution >= 4 is 46.9 Å². The minimum atomic E-state index is -3.63. The molecular weight excluding hydrogens is 207 g/mol. The summed E-state index contributed by atoms with van der Waals surface area (Å²) >= 11 is 0. The van der Waals surface area contributed by atoms with Crippen LogP contribution < -0.4 is 9.59 Å². The van der Waals surface area contributed by atoms with Crippen LogP contribution in [0.2, 0.25) is 0 Å². The van der Waals surface area contributed by atoms with Gasteiger partial charge < -0.3 is 14.1 Å². The van der Waals surface area contributed by atoms with Crippen molar-refractivity contribution in [1.82, 2.24) is 0 Å². The molecule has 0 saturated carbocycles. The molecule has 0 aliphatic heterocycles. The summed E-state index contributed by atoms with van der Waals surface area (Å²) in [5.41, 5.74) is 0. The zero-order chi connectivity index (χ0) is 3.58. The average molecular weight is 207 g/mol. The molecule has 0 aromatic carbocycles. The van der Waals surface area contributed by atoms with Gasteiger partial charge in [-0.25, -0.2) is 0 Å². The van der Waals surface area contributed by atoms with Crippen LogP contribution in [0.25, 0.3) is 0 Å². The first-order chi connectivity index (χ1) is 1.73. The van der Waals surface area contributed by atoms with Crippen LogP contribution in [0.1, 0.15) is 0 Å². The van der Waals surface area contributed by atoms with Crippen LogP contribution in [0.5, 0.6) is 0 Å². The van der Waals surface area contributed by atoms with E-state index in [1.165, 1.54) is 0 Å². The summed E-state index contributed by atoms with van der Waals surface area (Å²) in [6, 6.07) is 0. The van der Waals surface area contributed by atoms with E-state index >= 15 is 0 Å². The van der Waals surface area contributed by atoms with Crippen molar-refractivity contribution in [3.63, 3.8) is 0 Å². The van der Waals surface area contributed by atoms with Gasteiger partial charge in [0.1, 0.15) is 0 Å². The normalized spacial score (nSPS) is 4.00. The summed E-state index contributed by atoms with van der Waals surface area (Å²) < 4.78 is 8.52. The second-order valence-electron chi connectivity index (χ2n) is 0.250. The van der Waals surface area contributed by atoms with E-state index in [0.29, 0.717) is 0 Å². The van der Waals surface area contributed by atoms with Crippen molar-refractivity contribution in [2.45, 2.75) is 0 Å². The summed E-state index contributed by atoms with van der Waals surface area (Å²) in [5, 5.41) is 0. The molecule has 0 spiro atoms. The van der Waals surface area contributed by atoms with Crippen molar-refractivity contribution in [2.75, 3.05) is 0 Å². The number of rotatable bonds is 0. The van der Waals surface area contributed by atoms with Gasteiger partial charge in [0.25, 0.3) is 0 Å². The van der Waals surface area contributed by atoms with Gasteiger partial charge in [-0.1, -0.05) is 0 Å². The SMILES string of the molecule is O=[Si]([O-])[O-].[Ca+2].[Zr+4]. The molecule has 0 rings (SSSR count). The number of hydrogen-bond acceptors (Lipinski definition) is 3. The summed E-state index contributed by atoms with van der Waals surface area (Å²) in [6.07, 6.45) is 0. The Morgan fingerprint density at radius 2 is 1.33 bits per heavy atom. The summed E-state index contributed by atoms with van der Waals surface area (Å²) in [7, 11) is -3.63. The zero-order valence-corrected chi connectivity index (χ0v) is 8.60. The van der Waals surface area contributed by atoms with E-state index in [1.54, 1.807) is 0 Å². The van der Waals surface area contributed by atoms with E-state index in [1.807, 2.05) is 0 Å². The first-order valence-corrected chi connectivity index (χ1v) is 1.84. The standard InChI is InChI=1S/Ca.O3Si.Zr/c;1-4(2)3;/q+2;-2;+4. The second-order valence-corrected chi connectivity index (χ2v) is 0.750. The van der Waals surface area contributed by atoms with Crippen molar-refractivity contribution in [3.05, 3.63) is 0 Å². The third-order valence-corrected chi connectivity index (χ3v) is 0. The first kappa shape index (κ1) is 15.7. The maximum absolute atomic E-state index is 8.52. The summed E-state index contributed by atoms with van der Waals surface area (Å²) in [4.78, 5) is 17.0. The van der Waals surface area contributed by atoms with Gasteiger partial charge in [0.15, 0.2) is 0 Å².